The third-order valence-corrected chi connectivity index (χ3v) is 3.02. The van der Waals surface area contributed by atoms with E-state index in [1.165, 1.54) is 6.08 Å². The van der Waals surface area contributed by atoms with Gasteiger partial charge >= 0.3 is 119 Å². The van der Waals surface area contributed by atoms with Crippen molar-refractivity contribution in [1.29, 1.82) is 0 Å². The molecular weight excluding hydrogens is 309 g/mol. The van der Waals surface area contributed by atoms with Crippen LogP contribution < -0.4 is 10.2 Å². The van der Waals surface area contributed by atoms with Gasteiger partial charge < -0.3 is 0 Å². The van der Waals surface area contributed by atoms with Crippen molar-refractivity contribution in [3.63, 3.8) is 0 Å². The summed E-state index contributed by atoms with van der Waals surface area (Å²) in [7, 11) is 3.89. The van der Waals surface area contributed by atoms with E-state index in [1.54, 1.807) is 0 Å². The van der Waals surface area contributed by atoms with Crippen LogP contribution in [-0.2, 0) is 9.59 Å². The molecule has 97 valence electrons. The second-order valence-electron chi connectivity index (χ2n) is 4.22. The van der Waals surface area contributed by atoms with E-state index in [0.717, 1.165) is 11.3 Å². The molecule has 1 radical (unpaired) electrons. The zero-order valence-corrected chi connectivity index (χ0v) is 12.2. The van der Waals surface area contributed by atoms with Gasteiger partial charge in [-0.2, -0.15) is 0 Å². The quantitative estimate of drug-likeness (QED) is 0.485. The Balaban J connectivity index is 2.31. The van der Waals surface area contributed by atoms with E-state index in [9.17, 15) is 9.59 Å². The number of aliphatic imine (C=N–C) groups is 1. The summed E-state index contributed by atoms with van der Waals surface area (Å²) in [6, 6.07) is 7.53. The molecule has 19 heavy (non-hydrogen) atoms. The number of amides is 2. The molecule has 0 spiro atoms. The normalized spacial score (nSPS) is 17.2. The summed E-state index contributed by atoms with van der Waals surface area (Å²) in [6.07, 6.45) is 1.53. The Labute approximate surface area is 119 Å². The van der Waals surface area contributed by atoms with Crippen LogP contribution in [0, 0.1) is 0 Å². The molecule has 0 saturated carbocycles. The molecule has 2 rings (SSSR count). The Morgan fingerprint density at radius 3 is 2.37 bits per heavy atom. The van der Waals surface area contributed by atoms with Gasteiger partial charge in [-0.1, -0.05) is 0 Å². The second-order valence-corrected chi connectivity index (χ2v) is 5.03. The molecule has 5 nitrogen and oxygen atoms in total. The van der Waals surface area contributed by atoms with Gasteiger partial charge in [0.25, 0.3) is 0 Å². The third-order valence-electron chi connectivity index (χ3n) is 2.62. The van der Waals surface area contributed by atoms with Crippen molar-refractivity contribution >= 4 is 44.3 Å². The summed E-state index contributed by atoms with van der Waals surface area (Å²) in [5.74, 6) is -0.973. The van der Waals surface area contributed by atoms with Crippen LogP contribution in [0.5, 0.6) is 0 Å². The minimum atomic E-state index is -0.533. The number of nitrogens with one attached hydrogen (secondary N) is 1. The number of carbonyl (C=O) groups excluding carboxylic acids is 2. The molecule has 1 aromatic rings. The first-order valence-corrected chi connectivity index (χ1v) is 6.43. The molecule has 1 heterocycles. The standard InChI is InChI=1S/C13H12N3O2Se/c1-16(2)9-5-3-8(4-6-9)7-10-11(17)14-13(19)15-12(10)18/h3-7H,1-2H3,(H,14,15,17,18). The zero-order chi connectivity index (χ0) is 14.0. The Morgan fingerprint density at radius 2 is 1.84 bits per heavy atom. The van der Waals surface area contributed by atoms with Crippen LogP contribution in [-0.4, -0.2) is 46.7 Å². The molecular formula is C13H12N3O2Se. The first-order chi connectivity index (χ1) is 8.97. The second kappa shape index (κ2) is 5.38. The van der Waals surface area contributed by atoms with E-state index in [-0.39, 0.29) is 10.3 Å². The number of hydrogen-bond donors (Lipinski definition) is 1. The van der Waals surface area contributed by atoms with Gasteiger partial charge in [0.2, 0.25) is 0 Å². The van der Waals surface area contributed by atoms with Crippen LogP contribution in [0.1, 0.15) is 5.56 Å². The average Bonchev–Trinajstić information content (AvgIpc) is 2.34. The molecule has 1 aromatic carbocycles. The van der Waals surface area contributed by atoms with E-state index in [0.29, 0.717) is 0 Å². The summed E-state index contributed by atoms with van der Waals surface area (Å²) >= 11 is 2.51. The Hall–Kier alpha value is -1.91. The van der Waals surface area contributed by atoms with Crippen LogP contribution in [0.3, 0.4) is 0 Å². The third kappa shape index (κ3) is 3.10. The van der Waals surface area contributed by atoms with Crippen LogP contribution in [0.25, 0.3) is 6.08 Å². The summed E-state index contributed by atoms with van der Waals surface area (Å²) in [5.41, 5.74) is 1.87. The SMILES string of the molecule is CN(C)c1ccc(/C=C2\C(=O)N=C([Se])NC2=O)cc1. The molecule has 0 fully saturated rings. The summed E-state index contributed by atoms with van der Waals surface area (Å²) in [5, 5.41) is 2.47. The van der Waals surface area contributed by atoms with Gasteiger partial charge in [0.05, 0.1) is 0 Å². The van der Waals surface area contributed by atoms with E-state index in [4.69, 9.17) is 0 Å². The molecule has 6 heteroatoms. The number of anilines is 1. The van der Waals surface area contributed by atoms with Gasteiger partial charge in [0.15, 0.2) is 0 Å². The topological polar surface area (TPSA) is 61.8 Å². The van der Waals surface area contributed by atoms with Crippen LogP contribution in [0.2, 0.25) is 0 Å². The number of rotatable bonds is 2. The molecule has 0 bridgehead atoms. The molecule has 0 aromatic heterocycles. The molecule has 0 atom stereocenters. The van der Waals surface area contributed by atoms with E-state index in [2.05, 4.69) is 26.3 Å². The number of hydrogen-bond acceptors (Lipinski definition) is 3. The fourth-order valence-corrected chi connectivity index (χ4v) is 1.97. The van der Waals surface area contributed by atoms with Crippen molar-refractivity contribution in [3.05, 3.63) is 35.4 Å². The summed E-state index contributed by atoms with van der Waals surface area (Å²) < 4.78 is 0.204. The number of amidine groups is 1. The number of benzene rings is 1. The maximum atomic E-state index is 11.7. The fraction of sp³-hybridized carbons (Fsp3) is 0.154. The predicted molar refractivity (Wildman–Crippen MR) is 75.1 cm³/mol. The summed E-state index contributed by atoms with van der Waals surface area (Å²) in [4.78, 5) is 29.0. The molecule has 1 aliphatic heterocycles. The van der Waals surface area contributed by atoms with Crippen LogP contribution in [0.4, 0.5) is 5.69 Å². The van der Waals surface area contributed by atoms with Crippen molar-refractivity contribution < 1.29 is 9.59 Å². The van der Waals surface area contributed by atoms with Gasteiger partial charge in [-0.25, -0.2) is 0 Å². The first-order valence-electron chi connectivity index (χ1n) is 5.58. The Morgan fingerprint density at radius 1 is 1.21 bits per heavy atom. The maximum absolute atomic E-state index is 11.7. The zero-order valence-electron chi connectivity index (χ0n) is 10.5. The van der Waals surface area contributed by atoms with Crippen molar-refractivity contribution in [2.24, 2.45) is 4.99 Å². The van der Waals surface area contributed by atoms with E-state index >= 15 is 0 Å². The number of nitrogens with zero attached hydrogens (tertiary/aromatic N) is 2. The van der Waals surface area contributed by atoms with Crippen molar-refractivity contribution in [2.45, 2.75) is 0 Å². The summed E-state index contributed by atoms with van der Waals surface area (Å²) in [6.45, 7) is 0. The molecule has 1 aliphatic rings. The van der Waals surface area contributed by atoms with Crippen molar-refractivity contribution in [2.75, 3.05) is 19.0 Å². The molecule has 0 saturated heterocycles. The Bertz CT molecular complexity index is 588. The molecule has 0 aliphatic carbocycles. The van der Waals surface area contributed by atoms with Gasteiger partial charge in [-0.05, 0) is 0 Å². The molecule has 0 unspecified atom stereocenters. The predicted octanol–water partition coefficient (Wildman–Crippen LogP) is 0.317. The fourth-order valence-electron chi connectivity index (χ4n) is 1.60. The van der Waals surface area contributed by atoms with Gasteiger partial charge in [-0.15, -0.1) is 0 Å². The van der Waals surface area contributed by atoms with Crippen molar-refractivity contribution in [3.8, 4) is 0 Å². The first kappa shape index (κ1) is 13.5. The minimum absolute atomic E-state index is 0.0385. The monoisotopic (exact) mass is 322 g/mol. The molecule has 2 amide bonds. The van der Waals surface area contributed by atoms with Gasteiger partial charge in [-0.3, -0.25) is 0 Å². The van der Waals surface area contributed by atoms with Crippen LogP contribution in [0.15, 0.2) is 34.8 Å². The van der Waals surface area contributed by atoms with Gasteiger partial charge in [0, 0.05) is 0 Å². The average molecular weight is 321 g/mol. The van der Waals surface area contributed by atoms with Gasteiger partial charge in [0.1, 0.15) is 0 Å². The Kier molecular flexibility index (Phi) is 3.83. The molecule has 1 N–H and O–H groups in total. The van der Waals surface area contributed by atoms with Crippen molar-refractivity contribution in [1.82, 2.24) is 5.32 Å². The van der Waals surface area contributed by atoms with E-state index < -0.39 is 11.8 Å². The van der Waals surface area contributed by atoms with Crippen LogP contribution >= 0.6 is 0 Å². The van der Waals surface area contributed by atoms with E-state index in [1.807, 2.05) is 43.3 Å². The number of carbonyl (C=O) groups is 2.